The van der Waals surface area contributed by atoms with Crippen LogP contribution in [0.3, 0.4) is 0 Å². The highest BCUT2D eigenvalue weighted by molar-refractivity contribution is 7.47. The molecule has 0 radical (unpaired) electrons. The van der Waals surface area contributed by atoms with Crippen LogP contribution in [0.25, 0.3) is 0 Å². The van der Waals surface area contributed by atoms with E-state index < -0.39 is 51.1 Å². The van der Waals surface area contributed by atoms with E-state index in [1.54, 1.807) is 0 Å². The molecule has 4 N–H and O–H groups in total. The van der Waals surface area contributed by atoms with E-state index in [1.165, 1.54) is 70.6 Å². The van der Waals surface area contributed by atoms with Gasteiger partial charge in [-0.25, -0.2) is 4.57 Å². The Hall–Kier alpha value is -2.04. The van der Waals surface area contributed by atoms with E-state index in [2.05, 4.69) is 42.7 Å². The molecule has 12 heteroatoms. The number of hydrogen-bond acceptors (Lipinski definition) is 9. The normalized spacial score (nSPS) is 14.1. The average Bonchev–Trinajstić information content (AvgIpc) is 3.10. The Labute approximate surface area is 309 Å². The number of unbranched alkanes of at least 4 members (excludes halogenated alkanes) is 19. The smallest absolute Gasteiger partial charge is 0.472 e. The van der Waals surface area contributed by atoms with Crippen molar-refractivity contribution in [3.63, 3.8) is 0 Å². The molecule has 0 bridgehead atoms. The van der Waals surface area contributed by atoms with Gasteiger partial charge in [-0.05, 0) is 64.2 Å². The SMILES string of the molecule is CCCCCCC/C=C/CCCCCCCC(=O)O[C@H](COC(=O)CCCCC/C=C/CCCCCCCC)COP(=O)(O)OC[C@H](N)C(=O)O. The fourth-order valence-electron chi connectivity index (χ4n) is 5.23. The molecule has 1 unspecified atom stereocenters. The second-order valence-electron chi connectivity index (χ2n) is 13.4. The van der Waals surface area contributed by atoms with E-state index in [4.69, 9.17) is 24.8 Å². The predicted octanol–water partition coefficient (Wildman–Crippen LogP) is 9.89. The number of hydrogen-bond donors (Lipinski definition) is 3. The van der Waals surface area contributed by atoms with Crippen LogP contribution in [0.15, 0.2) is 24.3 Å². The highest BCUT2D eigenvalue weighted by Crippen LogP contribution is 2.43. The van der Waals surface area contributed by atoms with Crippen LogP contribution in [-0.2, 0) is 37.5 Å². The van der Waals surface area contributed by atoms with Crippen LogP contribution in [0.4, 0.5) is 0 Å². The Morgan fingerprint density at radius 1 is 0.588 bits per heavy atom. The molecule has 0 aromatic carbocycles. The van der Waals surface area contributed by atoms with Gasteiger partial charge in [-0.3, -0.25) is 23.4 Å². The number of allylic oxidation sites excluding steroid dienone is 4. The molecule has 11 nitrogen and oxygen atoms in total. The van der Waals surface area contributed by atoms with Crippen molar-refractivity contribution in [3.05, 3.63) is 24.3 Å². The van der Waals surface area contributed by atoms with Crippen molar-refractivity contribution in [2.24, 2.45) is 5.73 Å². The molecule has 0 aliphatic heterocycles. The molecule has 0 saturated carbocycles. The summed E-state index contributed by atoms with van der Waals surface area (Å²) in [4.78, 5) is 45.8. The third kappa shape index (κ3) is 34.8. The minimum atomic E-state index is -4.71. The van der Waals surface area contributed by atoms with Crippen molar-refractivity contribution in [3.8, 4) is 0 Å². The zero-order valence-corrected chi connectivity index (χ0v) is 32.8. The van der Waals surface area contributed by atoms with Gasteiger partial charge in [0.1, 0.15) is 12.6 Å². The number of phosphoric acid groups is 1. The molecule has 0 amide bonds. The van der Waals surface area contributed by atoms with Gasteiger partial charge in [0, 0.05) is 12.8 Å². The van der Waals surface area contributed by atoms with Crippen molar-refractivity contribution in [2.45, 2.75) is 187 Å². The Morgan fingerprint density at radius 2 is 0.980 bits per heavy atom. The van der Waals surface area contributed by atoms with Gasteiger partial charge in [-0.2, -0.15) is 0 Å². The lowest BCUT2D eigenvalue weighted by Crippen LogP contribution is -2.34. The largest absolute Gasteiger partial charge is 0.480 e. The quantitative estimate of drug-likeness (QED) is 0.0239. The Kier molecular flexibility index (Phi) is 33.6. The number of nitrogens with two attached hydrogens (primary N) is 1. The molecular formula is C39H72NO10P. The van der Waals surface area contributed by atoms with Gasteiger partial charge in [-0.15, -0.1) is 0 Å². The summed E-state index contributed by atoms with van der Waals surface area (Å²) in [7, 11) is -4.71. The van der Waals surface area contributed by atoms with Crippen LogP contribution in [0, 0.1) is 0 Å². The van der Waals surface area contributed by atoms with Gasteiger partial charge in [0.05, 0.1) is 13.2 Å². The number of esters is 2. The van der Waals surface area contributed by atoms with Gasteiger partial charge in [0.25, 0.3) is 0 Å². The molecule has 0 heterocycles. The van der Waals surface area contributed by atoms with E-state index in [0.717, 1.165) is 64.2 Å². The molecule has 0 fully saturated rings. The van der Waals surface area contributed by atoms with Crippen molar-refractivity contribution in [1.82, 2.24) is 0 Å². The highest BCUT2D eigenvalue weighted by Gasteiger charge is 2.28. The summed E-state index contributed by atoms with van der Waals surface area (Å²) in [6.45, 7) is 2.75. The van der Waals surface area contributed by atoms with Gasteiger partial charge in [0.2, 0.25) is 0 Å². The first-order valence-corrected chi connectivity index (χ1v) is 21.4. The number of carboxylic acid groups (broad SMARTS) is 1. The first-order valence-electron chi connectivity index (χ1n) is 19.9. The number of carbonyl (C=O) groups is 3. The molecule has 3 atom stereocenters. The van der Waals surface area contributed by atoms with Gasteiger partial charge in [-0.1, -0.05) is 122 Å². The first-order chi connectivity index (χ1) is 24.6. The van der Waals surface area contributed by atoms with Crippen molar-refractivity contribution in [2.75, 3.05) is 19.8 Å². The number of carboxylic acids is 1. The number of phosphoric ester groups is 1. The molecule has 0 aromatic rings. The molecule has 0 aliphatic carbocycles. The number of rotatable bonds is 37. The van der Waals surface area contributed by atoms with Gasteiger partial charge < -0.3 is 25.2 Å². The summed E-state index contributed by atoms with van der Waals surface area (Å²) in [6, 6.07) is -1.52. The molecule has 51 heavy (non-hydrogen) atoms. The van der Waals surface area contributed by atoms with Crippen molar-refractivity contribution >= 4 is 25.7 Å². The van der Waals surface area contributed by atoms with Crippen LogP contribution < -0.4 is 5.73 Å². The summed E-state index contributed by atoms with van der Waals surface area (Å²) in [5.41, 5.74) is 5.32. The Bertz CT molecular complexity index is 974. The molecule has 298 valence electrons. The monoisotopic (exact) mass is 745 g/mol. The third-order valence-corrected chi connectivity index (χ3v) is 9.37. The van der Waals surface area contributed by atoms with Crippen molar-refractivity contribution < 1.29 is 47.5 Å². The van der Waals surface area contributed by atoms with Crippen LogP contribution in [-0.4, -0.2) is 59.9 Å². The zero-order valence-electron chi connectivity index (χ0n) is 31.9. The van der Waals surface area contributed by atoms with Gasteiger partial charge in [0.15, 0.2) is 6.10 Å². The molecule has 0 aliphatic rings. The van der Waals surface area contributed by atoms with E-state index in [9.17, 15) is 23.8 Å². The number of carbonyl (C=O) groups excluding carboxylic acids is 2. The van der Waals surface area contributed by atoms with E-state index in [0.29, 0.717) is 12.8 Å². The average molecular weight is 746 g/mol. The van der Waals surface area contributed by atoms with E-state index >= 15 is 0 Å². The number of aliphatic carboxylic acids is 1. The Balaban J connectivity index is 4.46. The minimum Gasteiger partial charge on any atom is -0.480 e. The molecule has 0 rings (SSSR count). The standard InChI is InChI=1S/C39H72NO10P/c1-3-5-7-9-11-13-15-17-19-21-23-25-27-29-31-38(42)50-35(33-48-51(45,46)49-34-36(40)39(43)44)32-47-37(41)30-28-26-24-22-20-18-16-14-12-10-8-6-4-2/h15,17-18,20,35-36H,3-14,16,19,21-34,40H2,1-2H3,(H,43,44)(H,45,46)/b17-15+,20-18+/t35-,36+/m1/s1. The predicted molar refractivity (Wildman–Crippen MR) is 203 cm³/mol. The van der Waals surface area contributed by atoms with Crippen LogP contribution in [0.5, 0.6) is 0 Å². The lowest BCUT2D eigenvalue weighted by atomic mass is 10.1. The number of ether oxygens (including phenoxy) is 2. The van der Waals surface area contributed by atoms with E-state index in [1.807, 2.05) is 0 Å². The minimum absolute atomic E-state index is 0.149. The highest BCUT2D eigenvalue weighted by atomic mass is 31.2. The maximum absolute atomic E-state index is 12.6. The summed E-state index contributed by atoms with van der Waals surface area (Å²) in [6.07, 6.45) is 33.9. The molecule has 0 saturated heterocycles. The summed E-state index contributed by atoms with van der Waals surface area (Å²) in [5, 5.41) is 8.86. The lowest BCUT2D eigenvalue weighted by Gasteiger charge is -2.20. The molecule has 0 aromatic heterocycles. The Morgan fingerprint density at radius 3 is 1.45 bits per heavy atom. The summed E-state index contributed by atoms with van der Waals surface area (Å²) in [5.74, 6) is -2.41. The van der Waals surface area contributed by atoms with Crippen LogP contribution >= 0.6 is 7.82 Å². The first kappa shape index (κ1) is 49.0. The fraction of sp³-hybridized carbons (Fsp3) is 0.821. The maximum Gasteiger partial charge on any atom is 0.472 e. The second kappa shape index (κ2) is 35.0. The zero-order chi connectivity index (χ0) is 37.8. The lowest BCUT2D eigenvalue weighted by molar-refractivity contribution is -0.161. The third-order valence-electron chi connectivity index (χ3n) is 8.42. The topological polar surface area (TPSA) is 172 Å². The maximum atomic E-state index is 12.6. The fourth-order valence-corrected chi connectivity index (χ4v) is 6.01. The van der Waals surface area contributed by atoms with E-state index in [-0.39, 0.29) is 19.4 Å². The summed E-state index contributed by atoms with van der Waals surface area (Å²) < 4.78 is 32.6. The van der Waals surface area contributed by atoms with Crippen molar-refractivity contribution in [1.29, 1.82) is 0 Å². The molecular weight excluding hydrogens is 673 g/mol. The second-order valence-corrected chi connectivity index (χ2v) is 14.9. The molecule has 0 spiro atoms. The van der Waals surface area contributed by atoms with Gasteiger partial charge >= 0.3 is 25.7 Å². The summed E-state index contributed by atoms with van der Waals surface area (Å²) >= 11 is 0. The van der Waals surface area contributed by atoms with Crippen LogP contribution in [0.2, 0.25) is 0 Å². The van der Waals surface area contributed by atoms with Crippen LogP contribution in [0.1, 0.15) is 174 Å².